The summed E-state index contributed by atoms with van der Waals surface area (Å²) >= 11 is 5.95. The number of rotatable bonds is 3. The molecule has 1 aliphatic heterocycles. The van der Waals surface area contributed by atoms with Gasteiger partial charge >= 0.3 is 0 Å². The minimum Gasteiger partial charge on any atom is -0.392 e. The molecule has 0 bridgehead atoms. The molecule has 1 saturated heterocycles. The first-order chi connectivity index (χ1) is 9.91. The van der Waals surface area contributed by atoms with Gasteiger partial charge in [-0.15, -0.1) is 0 Å². The van der Waals surface area contributed by atoms with Gasteiger partial charge in [-0.1, -0.05) is 17.7 Å². The Balaban J connectivity index is 1.84. The lowest BCUT2D eigenvalue weighted by Gasteiger charge is -2.26. The van der Waals surface area contributed by atoms with Crippen LogP contribution in [0.1, 0.15) is 43.9 Å². The van der Waals surface area contributed by atoms with E-state index in [4.69, 9.17) is 21.1 Å². The highest BCUT2D eigenvalue weighted by Crippen LogP contribution is 2.46. The lowest BCUT2D eigenvalue weighted by molar-refractivity contribution is -0.161. The van der Waals surface area contributed by atoms with Crippen molar-refractivity contribution in [2.75, 3.05) is 0 Å². The first kappa shape index (κ1) is 15.3. The van der Waals surface area contributed by atoms with Crippen LogP contribution in [0.5, 0.6) is 0 Å². The number of hydrogen-bond donors (Lipinski definition) is 2. The molecule has 2 N–H and O–H groups in total. The highest BCUT2D eigenvalue weighted by Gasteiger charge is 2.51. The summed E-state index contributed by atoms with van der Waals surface area (Å²) < 4.78 is 11.8. The Morgan fingerprint density at radius 1 is 1.33 bits per heavy atom. The van der Waals surface area contributed by atoms with E-state index in [1.807, 2.05) is 13.8 Å². The maximum atomic E-state index is 10.8. The van der Waals surface area contributed by atoms with Crippen molar-refractivity contribution < 1.29 is 19.7 Å². The molecule has 116 valence electrons. The Labute approximate surface area is 129 Å². The molecular weight excluding hydrogens is 292 g/mol. The van der Waals surface area contributed by atoms with Crippen molar-refractivity contribution in [3.63, 3.8) is 0 Å². The third kappa shape index (κ3) is 2.83. The van der Waals surface area contributed by atoms with Crippen LogP contribution in [0.2, 0.25) is 5.02 Å². The van der Waals surface area contributed by atoms with Crippen LogP contribution < -0.4 is 0 Å². The number of hydrogen-bond acceptors (Lipinski definition) is 4. The minimum atomic E-state index is -0.683. The highest BCUT2D eigenvalue weighted by molar-refractivity contribution is 6.30. The average molecular weight is 313 g/mol. The zero-order valence-corrected chi connectivity index (χ0v) is 13.0. The molecular formula is C16H21ClO4. The van der Waals surface area contributed by atoms with Crippen LogP contribution in [-0.2, 0) is 16.1 Å². The van der Waals surface area contributed by atoms with Crippen LogP contribution in [0.4, 0.5) is 0 Å². The molecule has 1 saturated carbocycles. The third-order valence-electron chi connectivity index (χ3n) is 4.43. The predicted molar refractivity (Wildman–Crippen MR) is 78.9 cm³/mol. The van der Waals surface area contributed by atoms with Crippen LogP contribution in [0, 0.1) is 5.92 Å². The highest BCUT2D eigenvalue weighted by atomic mass is 35.5. The summed E-state index contributed by atoms with van der Waals surface area (Å²) in [5.41, 5.74) is 1.39. The molecule has 1 aromatic carbocycles. The van der Waals surface area contributed by atoms with Gasteiger partial charge in [-0.3, -0.25) is 0 Å². The van der Waals surface area contributed by atoms with Crippen molar-refractivity contribution in [1.82, 2.24) is 0 Å². The van der Waals surface area contributed by atoms with E-state index in [1.165, 1.54) is 0 Å². The largest absolute Gasteiger partial charge is 0.392 e. The van der Waals surface area contributed by atoms with Gasteiger partial charge in [0.05, 0.1) is 24.9 Å². The van der Waals surface area contributed by atoms with E-state index in [9.17, 15) is 10.2 Å². The van der Waals surface area contributed by atoms with E-state index < -0.39 is 11.9 Å². The second-order valence-corrected chi connectivity index (χ2v) is 6.76. The van der Waals surface area contributed by atoms with Crippen molar-refractivity contribution in [2.24, 2.45) is 5.92 Å². The second kappa shape index (κ2) is 5.52. The quantitative estimate of drug-likeness (QED) is 0.901. The molecule has 0 spiro atoms. The molecule has 21 heavy (non-hydrogen) atoms. The van der Waals surface area contributed by atoms with E-state index in [-0.39, 0.29) is 24.7 Å². The van der Waals surface area contributed by atoms with E-state index in [2.05, 4.69) is 0 Å². The van der Waals surface area contributed by atoms with Crippen molar-refractivity contribution in [1.29, 1.82) is 0 Å². The van der Waals surface area contributed by atoms with Crippen LogP contribution >= 0.6 is 11.6 Å². The monoisotopic (exact) mass is 312 g/mol. The number of halogens is 1. The molecule has 3 rings (SSSR count). The van der Waals surface area contributed by atoms with Crippen molar-refractivity contribution in [3.8, 4) is 0 Å². The molecule has 4 unspecified atom stereocenters. The first-order valence-corrected chi connectivity index (χ1v) is 7.72. The summed E-state index contributed by atoms with van der Waals surface area (Å²) in [4.78, 5) is 0. The Hall–Kier alpha value is -0.650. The number of aliphatic hydroxyl groups excluding tert-OH is 2. The predicted octanol–water partition coefficient (Wildman–Crippen LogP) is 2.80. The first-order valence-electron chi connectivity index (χ1n) is 7.34. The number of ether oxygens (including phenoxy) is 2. The smallest absolute Gasteiger partial charge is 0.163 e. The van der Waals surface area contributed by atoms with Gasteiger partial charge in [-0.25, -0.2) is 0 Å². The molecule has 4 nitrogen and oxygen atoms in total. The Kier molecular flexibility index (Phi) is 4.01. The van der Waals surface area contributed by atoms with Gasteiger partial charge in [0.15, 0.2) is 5.79 Å². The molecule has 4 atom stereocenters. The van der Waals surface area contributed by atoms with Gasteiger partial charge in [0, 0.05) is 10.9 Å². The Bertz CT molecular complexity index is 531. The molecule has 2 aliphatic rings. The van der Waals surface area contributed by atoms with Crippen LogP contribution in [0.25, 0.3) is 0 Å². The number of aliphatic hydroxyl groups is 2. The summed E-state index contributed by atoms with van der Waals surface area (Å²) in [5, 5.41) is 20.8. The van der Waals surface area contributed by atoms with Crippen molar-refractivity contribution >= 4 is 11.6 Å². The lowest BCUT2D eigenvalue weighted by atomic mass is 9.90. The van der Waals surface area contributed by atoms with Gasteiger partial charge in [0.2, 0.25) is 0 Å². The number of benzene rings is 1. The van der Waals surface area contributed by atoms with E-state index in [1.54, 1.807) is 18.2 Å². The Morgan fingerprint density at radius 2 is 2.10 bits per heavy atom. The fourth-order valence-corrected chi connectivity index (χ4v) is 3.73. The lowest BCUT2D eigenvalue weighted by Crippen LogP contribution is -2.29. The average Bonchev–Trinajstić information content (AvgIpc) is 2.92. The van der Waals surface area contributed by atoms with Crippen molar-refractivity contribution in [2.45, 2.75) is 57.4 Å². The SMILES string of the molecule is CC1(C)OC2CCC(C(O)c3ccc(Cl)cc3CO)C2O1. The molecule has 2 fully saturated rings. The maximum Gasteiger partial charge on any atom is 0.163 e. The fraction of sp³-hybridized carbons (Fsp3) is 0.625. The van der Waals surface area contributed by atoms with Crippen molar-refractivity contribution in [3.05, 3.63) is 34.3 Å². The topological polar surface area (TPSA) is 58.9 Å². The van der Waals surface area contributed by atoms with Gasteiger partial charge in [0.25, 0.3) is 0 Å². The van der Waals surface area contributed by atoms with E-state index in [0.717, 1.165) is 18.4 Å². The molecule has 5 heteroatoms. The molecule has 0 aromatic heterocycles. The second-order valence-electron chi connectivity index (χ2n) is 6.33. The maximum absolute atomic E-state index is 10.8. The summed E-state index contributed by atoms with van der Waals surface area (Å²) in [6, 6.07) is 5.22. The van der Waals surface area contributed by atoms with Gasteiger partial charge in [-0.2, -0.15) is 0 Å². The molecule has 1 aliphatic carbocycles. The normalized spacial score (nSPS) is 32.1. The fourth-order valence-electron chi connectivity index (χ4n) is 3.54. The minimum absolute atomic E-state index is 0.0248. The summed E-state index contributed by atoms with van der Waals surface area (Å²) in [6.07, 6.45) is 0.997. The molecule has 1 aromatic rings. The third-order valence-corrected chi connectivity index (χ3v) is 4.66. The molecule has 0 radical (unpaired) electrons. The van der Waals surface area contributed by atoms with Crippen LogP contribution in [0.3, 0.4) is 0 Å². The van der Waals surface area contributed by atoms with Crippen LogP contribution in [-0.4, -0.2) is 28.2 Å². The van der Waals surface area contributed by atoms with Gasteiger partial charge in [-0.05, 0) is 49.9 Å². The van der Waals surface area contributed by atoms with Gasteiger partial charge in [0.1, 0.15) is 0 Å². The van der Waals surface area contributed by atoms with E-state index >= 15 is 0 Å². The Morgan fingerprint density at radius 3 is 2.81 bits per heavy atom. The van der Waals surface area contributed by atoms with Gasteiger partial charge < -0.3 is 19.7 Å². The zero-order valence-electron chi connectivity index (χ0n) is 12.3. The summed E-state index contributed by atoms with van der Waals surface area (Å²) in [7, 11) is 0. The standard InChI is InChI=1S/C16H21ClO4/c1-16(2)20-13-6-5-12(15(13)21-16)14(19)11-4-3-10(17)7-9(11)8-18/h3-4,7,12-15,18-19H,5-6,8H2,1-2H3. The molecule has 1 heterocycles. The summed E-state index contributed by atoms with van der Waals surface area (Å²) in [5.74, 6) is -0.615. The van der Waals surface area contributed by atoms with E-state index in [0.29, 0.717) is 10.6 Å². The number of fused-ring (bicyclic) bond motifs is 1. The zero-order chi connectivity index (χ0) is 15.2. The molecule has 0 amide bonds. The van der Waals surface area contributed by atoms with Crippen LogP contribution in [0.15, 0.2) is 18.2 Å². The summed E-state index contributed by atoms with van der Waals surface area (Å²) in [6.45, 7) is 3.66.